The third-order valence-corrected chi connectivity index (χ3v) is 4.35. The molecule has 0 radical (unpaired) electrons. The average molecular weight is 307 g/mol. The number of thiophene rings is 1. The smallest absolute Gasteiger partial charge is 0.203 e. The van der Waals surface area contributed by atoms with Crippen molar-refractivity contribution >= 4 is 11.3 Å². The lowest BCUT2D eigenvalue weighted by Gasteiger charge is -2.19. The molecule has 0 aliphatic carbocycles. The van der Waals surface area contributed by atoms with Crippen LogP contribution in [0.1, 0.15) is 22.9 Å². The van der Waals surface area contributed by atoms with E-state index in [2.05, 4.69) is 17.5 Å². The van der Waals surface area contributed by atoms with Gasteiger partial charge in [0, 0.05) is 16.5 Å². The maximum Gasteiger partial charge on any atom is 0.203 e. The first kappa shape index (κ1) is 15.7. The van der Waals surface area contributed by atoms with Crippen molar-refractivity contribution in [3.63, 3.8) is 0 Å². The van der Waals surface area contributed by atoms with Crippen LogP contribution >= 0.6 is 11.3 Å². The maximum absolute atomic E-state index is 6.33. The molecule has 1 heterocycles. The second-order valence-corrected chi connectivity index (χ2v) is 5.68. The summed E-state index contributed by atoms with van der Waals surface area (Å²) in [6.45, 7) is 0. The fourth-order valence-electron chi connectivity index (χ4n) is 2.32. The Morgan fingerprint density at radius 2 is 1.81 bits per heavy atom. The second-order valence-electron chi connectivity index (χ2n) is 4.65. The zero-order valence-electron chi connectivity index (χ0n) is 12.6. The number of hydrogen-bond acceptors (Lipinski definition) is 5. The molecule has 2 rings (SSSR count). The molecule has 0 aliphatic rings. The molecule has 0 saturated heterocycles. The molecule has 0 saturated carbocycles. The van der Waals surface area contributed by atoms with Crippen molar-refractivity contribution in [1.82, 2.24) is 0 Å². The molecule has 0 fully saturated rings. The molecule has 2 N–H and O–H groups in total. The second kappa shape index (κ2) is 7.33. The molecule has 1 aromatic carbocycles. The molecule has 0 aliphatic heterocycles. The first-order chi connectivity index (χ1) is 10.2. The van der Waals surface area contributed by atoms with Gasteiger partial charge in [0.05, 0.1) is 21.3 Å². The minimum atomic E-state index is -0.109. The van der Waals surface area contributed by atoms with Crippen LogP contribution in [0.2, 0.25) is 0 Å². The number of hydrogen-bond donors (Lipinski definition) is 1. The molecule has 114 valence electrons. The lowest BCUT2D eigenvalue weighted by atomic mass is 10.0. The van der Waals surface area contributed by atoms with E-state index in [4.69, 9.17) is 19.9 Å². The van der Waals surface area contributed by atoms with Crippen molar-refractivity contribution in [1.29, 1.82) is 0 Å². The van der Waals surface area contributed by atoms with Crippen molar-refractivity contribution in [3.05, 3.63) is 40.1 Å². The Labute approximate surface area is 129 Å². The molecule has 1 atom stereocenters. The molecule has 21 heavy (non-hydrogen) atoms. The zero-order chi connectivity index (χ0) is 15.2. The summed E-state index contributed by atoms with van der Waals surface area (Å²) in [5.41, 5.74) is 7.27. The quantitative estimate of drug-likeness (QED) is 0.851. The highest BCUT2D eigenvalue weighted by atomic mass is 32.1. The monoisotopic (exact) mass is 307 g/mol. The van der Waals surface area contributed by atoms with Crippen LogP contribution < -0.4 is 19.9 Å². The molecule has 5 heteroatoms. The van der Waals surface area contributed by atoms with Crippen LogP contribution in [0.25, 0.3) is 0 Å². The average Bonchev–Trinajstić information content (AvgIpc) is 3.04. The normalized spacial score (nSPS) is 12.0. The van der Waals surface area contributed by atoms with Gasteiger partial charge in [-0.15, -0.1) is 11.3 Å². The predicted molar refractivity (Wildman–Crippen MR) is 85.7 cm³/mol. The van der Waals surface area contributed by atoms with Crippen molar-refractivity contribution in [2.45, 2.75) is 18.9 Å². The molecule has 0 spiro atoms. The number of ether oxygens (including phenoxy) is 3. The number of aryl methyl sites for hydroxylation is 1. The zero-order valence-corrected chi connectivity index (χ0v) is 13.4. The lowest BCUT2D eigenvalue weighted by Crippen LogP contribution is -2.13. The van der Waals surface area contributed by atoms with E-state index >= 15 is 0 Å². The van der Waals surface area contributed by atoms with E-state index in [9.17, 15) is 0 Å². The molecule has 0 bridgehead atoms. The minimum absolute atomic E-state index is 0.109. The van der Waals surface area contributed by atoms with Crippen molar-refractivity contribution in [2.24, 2.45) is 5.73 Å². The van der Waals surface area contributed by atoms with E-state index in [-0.39, 0.29) is 6.04 Å². The van der Waals surface area contributed by atoms with Crippen LogP contribution in [0.3, 0.4) is 0 Å². The van der Waals surface area contributed by atoms with E-state index in [1.54, 1.807) is 32.7 Å². The summed E-state index contributed by atoms with van der Waals surface area (Å²) in [7, 11) is 4.82. The van der Waals surface area contributed by atoms with Gasteiger partial charge in [0.2, 0.25) is 5.75 Å². The number of nitrogens with two attached hydrogens (primary N) is 1. The SMILES string of the molecule is COc1ccc(C(N)CCc2cccs2)c(OC)c1OC. The summed E-state index contributed by atoms with van der Waals surface area (Å²) < 4.78 is 16.2. The minimum Gasteiger partial charge on any atom is -0.493 e. The Bertz CT molecular complexity index is 569. The molecule has 0 amide bonds. The van der Waals surface area contributed by atoms with Gasteiger partial charge in [-0.1, -0.05) is 6.07 Å². The molecule has 1 aromatic heterocycles. The van der Waals surface area contributed by atoms with Crippen LogP contribution in [0.5, 0.6) is 17.2 Å². The topological polar surface area (TPSA) is 53.7 Å². The highest BCUT2D eigenvalue weighted by Crippen LogP contribution is 2.42. The number of benzene rings is 1. The first-order valence-electron chi connectivity index (χ1n) is 6.78. The van der Waals surface area contributed by atoms with Crippen LogP contribution in [0, 0.1) is 0 Å². The van der Waals surface area contributed by atoms with Gasteiger partial charge in [-0.25, -0.2) is 0 Å². The van der Waals surface area contributed by atoms with Gasteiger partial charge in [-0.3, -0.25) is 0 Å². The van der Waals surface area contributed by atoms with Crippen LogP contribution in [-0.2, 0) is 6.42 Å². The summed E-state index contributed by atoms with van der Waals surface area (Å²) in [4.78, 5) is 1.34. The fourth-order valence-corrected chi connectivity index (χ4v) is 3.05. The predicted octanol–water partition coefficient (Wildman–Crippen LogP) is 3.41. The maximum atomic E-state index is 6.33. The van der Waals surface area contributed by atoms with Gasteiger partial charge in [-0.2, -0.15) is 0 Å². The highest BCUT2D eigenvalue weighted by molar-refractivity contribution is 7.09. The molecule has 2 aromatic rings. The van der Waals surface area contributed by atoms with E-state index in [1.165, 1.54) is 4.88 Å². The van der Waals surface area contributed by atoms with Gasteiger partial charge in [0.15, 0.2) is 11.5 Å². The van der Waals surface area contributed by atoms with E-state index in [0.29, 0.717) is 17.2 Å². The third-order valence-electron chi connectivity index (χ3n) is 3.42. The standard InChI is InChI=1S/C16H21NO3S/c1-18-14-9-7-12(15(19-2)16(14)20-3)13(17)8-6-11-5-4-10-21-11/h4-5,7,9-10,13H,6,8,17H2,1-3H3. The van der Waals surface area contributed by atoms with Crippen molar-refractivity contribution < 1.29 is 14.2 Å². The Kier molecular flexibility index (Phi) is 5.47. The van der Waals surface area contributed by atoms with E-state index < -0.39 is 0 Å². The molecular formula is C16H21NO3S. The number of rotatable bonds is 7. The fraction of sp³-hybridized carbons (Fsp3) is 0.375. The summed E-state index contributed by atoms with van der Waals surface area (Å²) >= 11 is 1.75. The summed E-state index contributed by atoms with van der Waals surface area (Å²) in [6.07, 6.45) is 1.81. The Morgan fingerprint density at radius 1 is 1.05 bits per heavy atom. The van der Waals surface area contributed by atoms with Crippen LogP contribution in [0.4, 0.5) is 0 Å². The Morgan fingerprint density at radius 3 is 2.38 bits per heavy atom. The van der Waals surface area contributed by atoms with Gasteiger partial charge < -0.3 is 19.9 Å². The van der Waals surface area contributed by atoms with Crippen molar-refractivity contribution in [3.8, 4) is 17.2 Å². The largest absolute Gasteiger partial charge is 0.493 e. The van der Waals surface area contributed by atoms with Gasteiger partial charge in [-0.05, 0) is 36.4 Å². The Hall–Kier alpha value is -1.72. The summed E-state index contributed by atoms with van der Waals surface area (Å²) in [5, 5.41) is 2.08. The molecule has 1 unspecified atom stereocenters. The van der Waals surface area contributed by atoms with E-state index in [1.807, 2.05) is 12.1 Å². The summed E-state index contributed by atoms with van der Waals surface area (Å²) in [5.74, 6) is 1.88. The lowest BCUT2D eigenvalue weighted by molar-refractivity contribution is 0.320. The van der Waals surface area contributed by atoms with Crippen LogP contribution in [-0.4, -0.2) is 21.3 Å². The highest BCUT2D eigenvalue weighted by Gasteiger charge is 2.20. The van der Waals surface area contributed by atoms with Crippen molar-refractivity contribution in [2.75, 3.05) is 21.3 Å². The molecular weight excluding hydrogens is 286 g/mol. The van der Waals surface area contributed by atoms with E-state index in [0.717, 1.165) is 18.4 Å². The van der Waals surface area contributed by atoms with Gasteiger partial charge in [0.25, 0.3) is 0 Å². The van der Waals surface area contributed by atoms with Gasteiger partial charge in [0.1, 0.15) is 0 Å². The molecule has 4 nitrogen and oxygen atoms in total. The van der Waals surface area contributed by atoms with Gasteiger partial charge >= 0.3 is 0 Å². The Balaban J connectivity index is 2.21. The number of methoxy groups -OCH3 is 3. The van der Waals surface area contributed by atoms with Crippen LogP contribution in [0.15, 0.2) is 29.6 Å². The first-order valence-corrected chi connectivity index (χ1v) is 7.66. The summed E-state index contributed by atoms with van der Waals surface area (Å²) in [6, 6.07) is 7.88. The third kappa shape index (κ3) is 3.49.